The van der Waals surface area contributed by atoms with Crippen molar-refractivity contribution in [3.63, 3.8) is 0 Å². The van der Waals surface area contributed by atoms with Gasteiger partial charge in [-0.3, -0.25) is 0 Å². The van der Waals surface area contributed by atoms with E-state index < -0.39 is 25.7 Å². The summed E-state index contributed by atoms with van der Waals surface area (Å²) in [6.07, 6.45) is 1.53. The van der Waals surface area contributed by atoms with Gasteiger partial charge in [-0.1, -0.05) is 19.6 Å². The van der Waals surface area contributed by atoms with E-state index in [9.17, 15) is 13.6 Å². The van der Waals surface area contributed by atoms with Crippen LogP contribution in [0.5, 0.6) is 0 Å². The molecule has 0 atom stereocenters. The second-order valence-corrected chi connectivity index (χ2v) is 13.9. The zero-order valence-electron chi connectivity index (χ0n) is 16.2. The fourth-order valence-electron chi connectivity index (χ4n) is 2.63. The summed E-state index contributed by atoms with van der Waals surface area (Å²) in [5.74, 6) is -1.79. The Morgan fingerprint density at radius 3 is 2.41 bits per heavy atom. The van der Waals surface area contributed by atoms with Crippen molar-refractivity contribution in [2.75, 3.05) is 13.7 Å². The van der Waals surface area contributed by atoms with E-state index in [4.69, 9.17) is 9.47 Å². The summed E-state index contributed by atoms with van der Waals surface area (Å²) in [5.41, 5.74) is 0.553. The molecule has 1 heterocycles. The summed E-state index contributed by atoms with van der Waals surface area (Å²) in [6, 6.07) is 3.11. The van der Waals surface area contributed by atoms with Crippen LogP contribution in [0, 0.1) is 18.6 Å². The zero-order chi connectivity index (χ0) is 20.4. The lowest BCUT2D eigenvalue weighted by Gasteiger charge is -2.16. The number of hydrogen-bond acceptors (Lipinski definition) is 3. The normalized spacial score (nSPS) is 11.7. The topological polar surface area (TPSA) is 40.5 Å². The molecule has 0 aliphatic rings. The molecule has 0 amide bonds. The van der Waals surface area contributed by atoms with Gasteiger partial charge in [-0.05, 0) is 46.6 Å². The molecule has 2 aromatic rings. The van der Waals surface area contributed by atoms with Crippen LogP contribution in [0.3, 0.4) is 0 Å². The summed E-state index contributed by atoms with van der Waals surface area (Å²) in [5, 5.41) is 0. The second-order valence-electron chi connectivity index (χ2n) is 7.55. The number of methoxy groups -OCH3 is 1. The van der Waals surface area contributed by atoms with Crippen LogP contribution in [0.1, 0.15) is 15.9 Å². The van der Waals surface area contributed by atoms with Gasteiger partial charge in [0, 0.05) is 32.0 Å². The number of esters is 1. The molecule has 148 valence electrons. The van der Waals surface area contributed by atoms with E-state index in [-0.39, 0.29) is 29.0 Å². The molecule has 8 heteroatoms. The fourth-order valence-corrected chi connectivity index (χ4v) is 4.00. The minimum atomic E-state index is -1.22. The van der Waals surface area contributed by atoms with Crippen LogP contribution in [0.2, 0.25) is 25.7 Å². The summed E-state index contributed by atoms with van der Waals surface area (Å²) >= 11 is 3.42. The highest BCUT2D eigenvalue weighted by Crippen LogP contribution is 2.38. The molecule has 0 aliphatic carbocycles. The van der Waals surface area contributed by atoms with Gasteiger partial charge >= 0.3 is 5.97 Å². The van der Waals surface area contributed by atoms with E-state index in [1.807, 2.05) is 0 Å². The van der Waals surface area contributed by atoms with Crippen molar-refractivity contribution in [2.45, 2.75) is 39.3 Å². The summed E-state index contributed by atoms with van der Waals surface area (Å²) in [6.45, 7) is 9.02. The number of ether oxygens (including phenoxy) is 2. The van der Waals surface area contributed by atoms with Crippen LogP contribution in [-0.4, -0.2) is 32.3 Å². The summed E-state index contributed by atoms with van der Waals surface area (Å²) < 4.78 is 41.2. The number of hydrogen-bond donors (Lipinski definition) is 0. The van der Waals surface area contributed by atoms with E-state index in [1.54, 1.807) is 4.57 Å². The van der Waals surface area contributed by atoms with Crippen LogP contribution in [0.25, 0.3) is 11.1 Å². The Kier molecular flexibility index (Phi) is 6.99. The average Bonchev–Trinajstić information content (AvgIpc) is 2.91. The molecule has 0 aliphatic heterocycles. The molecule has 2 rings (SSSR count). The highest BCUT2D eigenvalue weighted by atomic mass is 79.9. The van der Waals surface area contributed by atoms with Gasteiger partial charge in [0.05, 0.1) is 17.3 Å². The highest BCUT2D eigenvalue weighted by Gasteiger charge is 2.26. The number of halogens is 3. The number of aromatic nitrogens is 1. The number of carbonyl (C=O) groups is 1. The van der Waals surface area contributed by atoms with E-state index in [0.717, 1.165) is 18.2 Å². The van der Waals surface area contributed by atoms with E-state index in [2.05, 4.69) is 35.6 Å². The molecule has 1 aromatic heterocycles. The molecular weight excluding hydrogens is 436 g/mol. The Balaban J connectivity index is 2.44. The first-order chi connectivity index (χ1) is 12.6. The monoisotopic (exact) mass is 459 g/mol. The molecule has 1 aromatic carbocycles. The third kappa shape index (κ3) is 5.06. The van der Waals surface area contributed by atoms with Gasteiger partial charge in [0.1, 0.15) is 18.4 Å². The Labute approximate surface area is 167 Å². The van der Waals surface area contributed by atoms with Crippen molar-refractivity contribution < 1.29 is 23.0 Å². The van der Waals surface area contributed by atoms with Gasteiger partial charge in [0.25, 0.3) is 0 Å². The Morgan fingerprint density at radius 1 is 1.19 bits per heavy atom. The minimum absolute atomic E-state index is 0.0307. The van der Waals surface area contributed by atoms with Gasteiger partial charge in [-0.15, -0.1) is 0 Å². The maximum absolute atomic E-state index is 14.5. The first-order valence-corrected chi connectivity index (χ1v) is 13.1. The molecule has 0 saturated heterocycles. The predicted octanol–water partition coefficient (Wildman–Crippen LogP) is 5.60. The van der Waals surface area contributed by atoms with E-state index in [0.29, 0.717) is 11.2 Å². The van der Waals surface area contributed by atoms with Gasteiger partial charge in [0.2, 0.25) is 0 Å². The van der Waals surface area contributed by atoms with Crippen molar-refractivity contribution in [2.24, 2.45) is 0 Å². The van der Waals surface area contributed by atoms with Gasteiger partial charge in [-0.25, -0.2) is 13.6 Å². The van der Waals surface area contributed by atoms with E-state index in [1.165, 1.54) is 20.2 Å². The standard InChI is InChI=1S/C19H24BrF2NO3Si/c1-12-14(21)6-7-15(22)16(12)17-13(19(24)25-2)10-23(18(17)20)11-26-8-9-27(3,4)5/h6-7,10H,8-9,11H2,1-5H3. The molecule has 0 saturated carbocycles. The molecule has 0 N–H and O–H groups in total. The van der Waals surface area contributed by atoms with Gasteiger partial charge in [0.15, 0.2) is 0 Å². The van der Waals surface area contributed by atoms with Crippen LogP contribution < -0.4 is 0 Å². The SMILES string of the molecule is COC(=O)c1cn(COCC[Si](C)(C)C)c(Br)c1-c1c(F)ccc(F)c1C. The Morgan fingerprint density at radius 2 is 1.81 bits per heavy atom. The lowest BCUT2D eigenvalue weighted by molar-refractivity contribution is 0.0599. The number of benzene rings is 1. The van der Waals surface area contributed by atoms with Gasteiger partial charge < -0.3 is 14.0 Å². The third-order valence-electron chi connectivity index (χ3n) is 4.24. The molecule has 4 nitrogen and oxygen atoms in total. The number of nitrogens with zero attached hydrogens (tertiary/aromatic N) is 1. The van der Waals surface area contributed by atoms with Crippen molar-refractivity contribution in [1.82, 2.24) is 4.57 Å². The Hall–Kier alpha value is -1.51. The minimum Gasteiger partial charge on any atom is -0.465 e. The molecule has 27 heavy (non-hydrogen) atoms. The molecule has 0 unspecified atom stereocenters. The number of carbonyl (C=O) groups excluding carboxylic acids is 1. The lowest BCUT2D eigenvalue weighted by Crippen LogP contribution is -2.22. The third-order valence-corrected chi connectivity index (χ3v) is 6.80. The van der Waals surface area contributed by atoms with Crippen LogP contribution >= 0.6 is 15.9 Å². The fraction of sp³-hybridized carbons (Fsp3) is 0.421. The maximum atomic E-state index is 14.5. The second kappa shape index (κ2) is 8.66. The average molecular weight is 460 g/mol. The van der Waals surface area contributed by atoms with Crippen molar-refractivity contribution in [1.29, 1.82) is 0 Å². The van der Waals surface area contributed by atoms with Crippen LogP contribution in [-0.2, 0) is 16.2 Å². The van der Waals surface area contributed by atoms with Crippen LogP contribution in [0.15, 0.2) is 22.9 Å². The zero-order valence-corrected chi connectivity index (χ0v) is 18.7. The maximum Gasteiger partial charge on any atom is 0.340 e. The predicted molar refractivity (Wildman–Crippen MR) is 108 cm³/mol. The lowest BCUT2D eigenvalue weighted by atomic mass is 9.98. The van der Waals surface area contributed by atoms with Gasteiger partial charge in [-0.2, -0.15) is 0 Å². The smallest absolute Gasteiger partial charge is 0.340 e. The molecule has 0 spiro atoms. The van der Waals surface area contributed by atoms with Crippen molar-refractivity contribution in [3.05, 3.63) is 45.7 Å². The molecule has 0 bridgehead atoms. The van der Waals surface area contributed by atoms with Crippen LogP contribution in [0.4, 0.5) is 8.78 Å². The first kappa shape index (κ1) is 21.8. The Bertz CT molecular complexity index is 846. The largest absolute Gasteiger partial charge is 0.465 e. The van der Waals surface area contributed by atoms with E-state index >= 15 is 0 Å². The molecular formula is C19H24BrF2NO3Si. The quantitative estimate of drug-likeness (QED) is 0.307. The molecule has 0 fully saturated rings. The van der Waals surface area contributed by atoms with Crippen molar-refractivity contribution in [3.8, 4) is 11.1 Å². The highest BCUT2D eigenvalue weighted by molar-refractivity contribution is 9.10. The summed E-state index contributed by atoms with van der Waals surface area (Å²) in [4.78, 5) is 12.2. The summed E-state index contributed by atoms with van der Waals surface area (Å²) in [7, 11) is 0.0231. The first-order valence-electron chi connectivity index (χ1n) is 8.56. The number of rotatable bonds is 7. The molecule has 0 radical (unpaired) electrons. The van der Waals surface area contributed by atoms with Crippen molar-refractivity contribution >= 4 is 30.0 Å².